The Morgan fingerprint density at radius 3 is 2.50 bits per heavy atom. The van der Waals surface area contributed by atoms with Crippen molar-refractivity contribution in [2.45, 2.75) is 58.0 Å². The largest absolute Gasteiger partial charge is 0.428 e. The smallest absolute Gasteiger partial charge is 0.336 e. The molecule has 3 N–H and O–H groups in total. The molecule has 3 rings (SSSR count). The minimum Gasteiger partial charge on any atom is -0.428 e. The average Bonchev–Trinajstić information content (AvgIpc) is 2.74. The van der Waals surface area contributed by atoms with Gasteiger partial charge in [0.25, 0.3) is 0 Å². The van der Waals surface area contributed by atoms with E-state index in [1.807, 2.05) is 0 Å². The quantitative estimate of drug-likeness (QED) is 0.570. The fraction of sp³-hybridized carbons (Fsp3) is 0.800. The minimum atomic E-state index is -1.37. The zero-order valence-electron chi connectivity index (χ0n) is 12.1. The molecule has 0 aromatic rings. The molecular formula is C15H22O5. The summed E-state index contributed by atoms with van der Waals surface area (Å²) in [5.74, 6) is -0.860. The van der Waals surface area contributed by atoms with E-state index in [4.69, 9.17) is 4.74 Å². The Morgan fingerprint density at radius 1 is 1.20 bits per heavy atom. The van der Waals surface area contributed by atoms with Gasteiger partial charge in [0, 0.05) is 17.6 Å². The van der Waals surface area contributed by atoms with E-state index in [1.165, 1.54) is 0 Å². The van der Waals surface area contributed by atoms with Crippen molar-refractivity contribution in [2.75, 3.05) is 0 Å². The van der Waals surface area contributed by atoms with E-state index in [-0.39, 0.29) is 34.8 Å². The normalized spacial score (nSPS) is 46.8. The van der Waals surface area contributed by atoms with Crippen molar-refractivity contribution in [3.05, 3.63) is 11.1 Å². The lowest BCUT2D eigenvalue weighted by atomic mass is 9.78. The van der Waals surface area contributed by atoms with Gasteiger partial charge in [-0.05, 0) is 37.0 Å². The maximum Gasteiger partial charge on any atom is 0.336 e. The van der Waals surface area contributed by atoms with E-state index in [9.17, 15) is 20.1 Å². The van der Waals surface area contributed by atoms with Crippen LogP contribution in [-0.4, -0.2) is 39.3 Å². The van der Waals surface area contributed by atoms with Crippen LogP contribution < -0.4 is 0 Å². The van der Waals surface area contributed by atoms with Crippen LogP contribution in [0.25, 0.3) is 0 Å². The van der Waals surface area contributed by atoms with Gasteiger partial charge in [-0.3, -0.25) is 0 Å². The molecule has 0 aromatic carbocycles. The van der Waals surface area contributed by atoms with Gasteiger partial charge in [-0.1, -0.05) is 13.8 Å². The highest BCUT2D eigenvalue weighted by atomic mass is 16.6. The predicted molar refractivity (Wildman–Crippen MR) is 70.4 cm³/mol. The summed E-state index contributed by atoms with van der Waals surface area (Å²) in [5, 5.41) is 31.3. The van der Waals surface area contributed by atoms with Crippen molar-refractivity contribution in [1.29, 1.82) is 0 Å². The standard InChI is InChI=1S/C15H22O5/c1-14(2)4-7-9(6-14)15(3,19)5-8-10(11(7)16)13(18)20-12(8)17/h7,9,11,13,16,18-19H,4-6H2,1-3H3/t7-,9-,11-,13-,15-/m0/s1. The first-order valence-electron chi connectivity index (χ1n) is 7.15. The Morgan fingerprint density at radius 2 is 1.85 bits per heavy atom. The Bertz CT molecular complexity index is 490. The lowest BCUT2D eigenvalue weighted by Crippen LogP contribution is -2.40. The second-order valence-electron chi connectivity index (χ2n) is 7.51. The van der Waals surface area contributed by atoms with Crippen LogP contribution in [0.1, 0.15) is 40.0 Å². The first-order valence-corrected chi connectivity index (χ1v) is 7.15. The van der Waals surface area contributed by atoms with E-state index in [0.717, 1.165) is 12.8 Å². The fourth-order valence-electron chi connectivity index (χ4n) is 4.34. The molecule has 0 radical (unpaired) electrons. The van der Waals surface area contributed by atoms with Gasteiger partial charge >= 0.3 is 5.97 Å². The van der Waals surface area contributed by atoms with E-state index in [1.54, 1.807) is 6.92 Å². The lowest BCUT2D eigenvalue weighted by molar-refractivity contribution is -0.154. The number of hydrogen-bond acceptors (Lipinski definition) is 5. The number of ether oxygens (including phenoxy) is 1. The van der Waals surface area contributed by atoms with E-state index >= 15 is 0 Å². The molecule has 3 aliphatic rings. The summed E-state index contributed by atoms with van der Waals surface area (Å²) in [7, 11) is 0. The Labute approximate surface area is 118 Å². The van der Waals surface area contributed by atoms with Gasteiger partial charge in [0.2, 0.25) is 6.29 Å². The van der Waals surface area contributed by atoms with Crippen LogP contribution in [0.15, 0.2) is 11.1 Å². The SMILES string of the molecule is CC1(C)C[C@@H]2[C@H](O)C3=C(C[C@](C)(O)[C@H]2C1)C(=O)O[C@@H]3O. The van der Waals surface area contributed by atoms with Crippen LogP contribution in [0.4, 0.5) is 0 Å². The summed E-state index contributed by atoms with van der Waals surface area (Å²) >= 11 is 0. The number of aliphatic hydroxyl groups excluding tert-OH is 2. The molecule has 0 unspecified atom stereocenters. The zero-order chi connectivity index (χ0) is 14.9. The van der Waals surface area contributed by atoms with E-state index < -0.39 is 24.0 Å². The monoisotopic (exact) mass is 282 g/mol. The van der Waals surface area contributed by atoms with Crippen molar-refractivity contribution in [2.24, 2.45) is 17.3 Å². The van der Waals surface area contributed by atoms with Crippen LogP contribution in [0.3, 0.4) is 0 Å². The third kappa shape index (κ3) is 1.91. The van der Waals surface area contributed by atoms with Crippen molar-refractivity contribution in [3.63, 3.8) is 0 Å². The van der Waals surface area contributed by atoms with Crippen LogP contribution in [-0.2, 0) is 9.53 Å². The van der Waals surface area contributed by atoms with Crippen LogP contribution in [0, 0.1) is 17.3 Å². The number of fused-ring (bicyclic) bond motifs is 1. The first-order chi connectivity index (χ1) is 9.12. The van der Waals surface area contributed by atoms with Crippen molar-refractivity contribution in [3.8, 4) is 0 Å². The molecule has 1 fully saturated rings. The van der Waals surface area contributed by atoms with Crippen LogP contribution >= 0.6 is 0 Å². The number of hydrogen-bond donors (Lipinski definition) is 3. The molecule has 0 spiro atoms. The summed E-state index contributed by atoms with van der Waals surface area (Å²) in [6.45, 7) is 5.95. The molecule has 112 valence electrons. The number of rotatable bonds is 0. The highest BCUT2D eigenvalue weighted by Crippen LogP contribution is 2.55. The van der Waals surface area contributed by atoms with Gasteiger partial charge in [0.05, 0.1) is 11.7 Å². The molecule has 1 heterocycles. The molecule has 2 aliphatic carbocycles. The maximum atomic E-state index is 11.8. The molecule has 0 aromatic heterocycles. The van der Waals surface area contributed by atoms with E-state index in [0.29, 0.717) is 0 Å². The number of cyclic esters (lactones) is 1. The Hall–Kier alpha value is -0.910. The number of carbonyl (C=O) groups excluding carboxylic acids is 1. The predicted octanol–water partition coefficient (Wildman–Crippen LogP) is 0.726. The Balaban J connectivity index is 2.07. The molecule has 0 amide bonds. The minimum absolute atomic E-state index is 0.0345. The molecule has 1 saturated carbocycles. The second kappa shape index (κ2) is 4.06. The first kappa shape index (κ1) is 14.0. The van der Waals surface area contributed by atoms with Crippen molar-refractivity contribution in [1.82, 2.24) is 0 Å². The third-order valence-corrected chi connectivity index (χ3v) is 5.21. The molecule has 0 bridgehead atoms. The summed E-state index contributed by atoms with van der Waals surface area (Å²) in [6, 6.07) is 0. The molecule has 0 saturated heterocycles. The Kier molecular flexibility index (Phi) is 2.85. The van der Waals surface area contributed by atoms with Crippen molar-refractivity contribution < 1.29 is 24.9 Å². The van der Waals surface area contributed by atoms with Gasteiger partial charge in [0.1, 0.15) is 0 Å². The summed E-state index contributed by atoms with van der Waals surface area (Å²) < 4.78 is 4.80. The lowest BCUT2D eigenvalue weighted by Gasteiger charge is -2.34. The molecule has 5 atom stereocenters. The summed E-state index contributed by atoms with van der Waals surface area (Å²) in [6.07, 6.45) is -0.606. The van der Waals surface area contributed by atoms with Crippen molar-refractivity contribution >= 4 is 5.97 Å². The van der Waals surface area contributed by atoms with Gasteiger partial charge in [-0.25, -0.2) is 4.79 Å². The second-order valence-corrected chi connectivity index (χ2v) is 7.51. The summed E-state index contributed by atoms with van der Waals surface area (Å²) in [4.78, 5) is 11.8. The van der Waals surface area contributed by atoms with Crippen LogP contribution in [0.5, 0.6) is 0 Å². The highest BCUT2D eigenvalue weighted by Gasteiger charge is 2.56. The van der Waals surface area contributed by atoms with Gasteiger partial charge < -0.3 is 20.1 Å². The maximum absolute atomic E-state index is 11.8. The van der Waals surface area contributed by atoms with Gasteiger partial charge in [-0.15, -0.1) is 0 Å². The highest BCUT2D eigenvalue weighted by molar-refractivity contribution is 5.92. The van der Waals surface area contributed by atoms with Crippen LogP contribution in [0.2, 0.25) is 0 Å². The summed E-state index contributed by atoms with van der Waals surface area (Å²) in [5.41, 5.74) is -0.519. The molecular weight excluding hydrogens is 260 g/mol. The van der Waals surface area contributed by atoms with E-state index in [2.05, 4.69) is 13.8 Å². The average molecular weight is 282 g/mol. The molecule has 5 nitrogen and oxygen atoms in total. The number of esters is 1. The molecule has 5 heteroatoms. The van der Waals surface area contributed by atoms with Gasteiger partial charge in [0.15, 0.2) is 0 Å². The number of aliphatic hydroxyl groups is 3. The van der Waals surface area contributed by atoms with Gasteiger partial charge in [-0.2, -0.15) is 0 Å². The topological polar surface area (TPSA) is 87.0 Å². The fourth-order valence-corrected chi connectivity index (χ4v) is 4.34. The third-order valence-electron chi connectivity index (χ3n) is 5.21. The number of carbonyl (C=O) groups is 1. The molecule has 1 aliphatic heterocycles. The molecule has 20 heavy (non-hydrogen) atoms. The zero-order valence-corrected chi connectivity index (χ0v) is 12.1.